The number of aromatic hydroxyl groups is 1. The van der Waals surface area contributed by atoms with Crippen molar-refractivity contribution in [1.29, 1.82) is 0 Å². The van der Waals surface area contributed by atoms with Crippen molar-refractivity contribution in [3.8, 4) is 17.2 Å². The topological polar surface area (TPSA) is 64.7 Å². The number of ether oxygens (including phenoxy) is 2. The number of rotatable bonds is 3. The third kappa shape index (κ3) is 1.75. The average Bonchev–Trinajstić information content (AvgIpc) is 2.16. The Morgan fingerprint density at radius 3 is 2.36 bits per heavy atom. The molecule has 0 heterocycles. The van der Waals surface area contributed by atoms with E-state index in [1.54, 1.807) is 26.2 Å². The van der Waals surface area contributed by atoms with Gasteiger partial charge in [-0.1, -0.05) is 0 Å². The van der Waals surface area contributed by atoms with Gasteiger partial charge in [0, 0.05) is 6.04 Å². The number of hydrogen-bond acceptors (Lipinski definition) is 4. The first-order chi connectivity index (χ1) is 6.61. The maximum absolute atomic E-state index is 9.60. The molecular formula is C10H15NO3. The molecule has 14 heavy (non-hydrogen) atoms. The van der Waals surface area contributed by atoms with E-state index in [0.717, 1.165) is 0 Å². The van der Waals surface area contributed by atoms with E-state index in [4.69, 9.17) is 15.2 Å². The Morgan fingerprint density at radius 2 is 1.93 bits per heavy atom. The van der Waals surface area contributed by atoms with Gasteiger partial charge in [-0.2, -0.15) is 0 Å². The van der Waals surface area contributed by atoms with Crippen LogP contribution in [0.5, 0.6) is 17.2 Å². The average molecular weight is 197 g/mol. The number of phenols is 1. The van der Waals surface area contributed by atoms with Crippen LogP contribution in [0, 0.1) is 0 Å². The largest absolute Gasteiger partial charge is 0.507 e. The van der Waals surface area contributed by atoms with Gasteiger partial charge in [0.25, 0.3) is 0 Å². The molecule has 0 aliphatic heterocycles. The smallest absolute Gasteiger partial charge is 0.169 e. The van der Waals surface area contributed by atoms with Crippen molar-refractivity contribution in [2.45, 2.75) is 13.0 Å². The Morgan fingerprint density at radius 1 is 1.29 bits per heavy atom. The Hall–Kier alpha value is -1.42. The molecule has 0 amide bonds. The van der Waals surface area contributed by atoms with Gasteiger partial charge in [0.2, 0.25) is 0 Å². The number of phenolic OH excluding ortho intramolecular Hbond substituents is 1. The molecular weight excluding hydrogens is 182 g/mol. The molecule has 1 aromatic rings. The minimum absolute atomic E-state index is 0.123. The third-order valence-corrected chi connectivity index (χ3v) is 2.02. The lowest BCUT2D eigenvalue weighted by Gasteiger charge is -2.16. The zero-order chi connectivity index (χ0) is 10.7. The highest BCUT2D eigenvalue weighted by atomic mass is 16.5. The van der Waals surface area contributed by atoms with Gasteiger partial charge in [0.15, 0.2) is 11.5 Å². The van der Waals surface area contributed by atoms with Crippen LogP contribution >= 0.6 is 0 Å². The highest BCUT2D eigenvalue weighted by molar-refractivity contribution is 5.54. The highest BCUT2D eigenvalue weighted by Gasteiger charge is 2.17. The predicted molar refractivity (Wildman–Crippen MR) is 53.8 cm³/mol. The zero-order valence-corrected chi connectivity index (χ0v) is 8.57. The van der Waals surface area contributed by atoms with E-state index in [9.17, 15) is 5.11 Å². The van der Waals surface area contributed by atoms with Gasteiger partial charge in [0.05, 0.1) is 19.8 Å². The maximum atomic E-state index is 9.60. The molecule has 78 valence electrons. The Bertz CT molecular complexity index is 323. The summed E-state index contributed by atoms with van der Waals surface area (Å²) in [4.78, 5) is 0. The SMILES string of the molecule is COc1ccc(O)c(C(C)N)c1OC. The second kappa shape index (κ2) is 4.19. The van der Waals surface area contributed by atoms with Crippen molar-refractivity contribution in [3.05, 3.63) is 17.7 Å². The van der Waals surface area contributed by atoms with Crippen molar-refractivity contribution in [1.82, 2.24) is 0 Å². The molecule has 0 aliphatic rings. The molecule has 3 N–H and O–H groups in total. The van der Waals surface area contributed by atoms with Crippen LogP contribution in [0.4, 0.5) is 0 Å². The molecule has 0 spiro atoms. The van der Waals surface area contributed by atoms with Gasteiger partial charge >= 0.3 is 0 Å². The van der Waals surface area contributed by atoms with Gasteiger partial charge in [0.1, 0.15) is 5.75 Å². The first-order valence-electron chi connectivity index (χ1n) is 4.31. The fourth-order valence-corrected chi connectivity index (χ4v) is 1.38. The van der Waals surface area contributed by atoms with Gasteiger partial charge in [-0.25, -0.2) is 0 Å². The van der Waals surface area contributed by atoms with Gasteiger partial charge in [-0.3, -0.25) is 0 Å². The zero-order valence-electron chi connectivity index (χ0n) is 8.57. The summed E-state index contributed by atoms with van der Waals surface area (Å²) in [5.74, 6) is 1.18. The molecule has 0 saturated carbocycles. The van der Waals surface area contributed by atoms with Crippen LogP contribution in [0.3, 0.4) is 0 Å². The number of benzene rings is 1. The fourth-order valence-electron chi connectivity index (χ4n) is 1.38. The summed E-state index contributed by atoms with van der Waals surface area (Å²) in [5, 5.41) is 9.60. The first-order valence-corrected chi connectivity index (χ1v) is 4.31. The fraction of sp³-hybridized carbons (Fsp3) is 0.400. The minimum Gasteiger partial charge on any atom is -0.507 e. The molecule has 0 radical (unpaired) electrons. The molecule has 1 unspecified atom stereocenters. The van der Waals surface area contributed by atoms with E-state index in [0.29, 0.717) is 17.1 Å². The van der Waals surface area contributed by atoms with Crippen molar-refractivity contribution < 1.29 is 14.6 Å². The Balaban J connectivity index is 3.35. The van der Waals surface area contributed by atoms with Crippen molar-refractivity contribution in [2.24, 2.45) is 5.73 Å². The first kappa shape index (κ1) is 10.7. The lowest BCUT2D eigenvalue weighted by molar-refractivity contribution is 0.344. The summed E-state index contributed by atoms with van der Waals surface area (Å²) in [6.07, 6.45) is 0. The lowest BCUT2D eigenvalue weighted by atomic mass is 10.1. The summed E-state index contributed by atoms with van der Waals surface area (Å²) in [5.41, 5.74) is 6.28. The van der Waals surface area contributed by atoms with Crippen LogP contribution in [-0.2, 0) is 0 Å². The summed E-state index contributed by atoms with van der Waals surface area (Å²) >= 11 is 0. The molecule has 0 aromatic heterocycles. The summed E-state index contributed by atoms with van der Waals surface area (Å²) in [6.45, 7) is 1.77. The van der Waals surface area contributed by atoms with Gasteiger partial charge in [-0.15, -0.1) is 0 Å². The second-order valence-corrected chi connectivity index (χ2v) is 3.02. The predicted octanol–water partition coefficient (Wildman–Crippen LogP) is 1.43. The quantitative estimate of drug-likeness (QED) is 0.769. The number of nitrogens with two attached hydrogens (primary N) is 1. The monoisotopic (exact) mass is 197 g/mol. The van der Waals surface area contributed by atoms with Crippen molar-refractivity contribution >= 4 is 0 Å². The Labute approximate surface area is 83.3 Å². The van der Waals surface area contributed by atoms with E-state index in [2.05, 4.69) is 0 Å². The maximum Gasteiger partial charge on any atom is 0.169 e. The van der Waals surface area contributed by atoms with E-state index >= 15 is 0 Å². The van der Waals surface area contributed by atoms with E-state index < -0.39 is 0 Å². The van der Waals surface area contributed by atoms with Crippen LogP contribution in [0.1, 0.15) is 18.5 Å². The molecule has 1 rings (SSSR count). The molecule has 4 heteroatoms. The minimum atomic E-state index is -0.306. The Kier molecular flexibility index (Phi) is 3.19. The number of methoxy groups -OCH3 is 2. The van der Waals surface area contributed by atoms with Crippen LogP contribution < -0.4 is 15.2 Å². The van der Waals surface area contributed by atoms with Crippen LogP contribution in [-0.4, -0.2) is 19.3 Å². The number of hydrogen-bond donors (Lipinski definition) is 2. The molecule has 0 bridgehead atoms. The molecule has 1 atom stereocenters. The molecule has 0 fully saturated rings. The normalized spacial score (nSPS) is 12.3. The molecule has 0 saturated heterocycles. The summed E-state index contributed by atoms with van der Waals surface area (Å²) in [6, 6.07) is 2.88. The standard InChI is InChI=1S/C10H15NO3/c1-6(11)9-7(12)4-5-8(13-2)10(9)14-3/h4-6,12H,11H2,1-3H3. The lowest BCUT2D eigenvalue weighted by Crippen LogP contribution is -2.08. The van der Waals surface area contributed by atoms with Crippen LogP contribution in [0.25, 0.3) is 0 Å². The van der Waals surface area contributed by atoms with Crippen molar-refractivity contribution in [3.63, 3.8) is 0 Å². The van der Waals surface area contributed by atoms with Crippen molar-refractivity contribution in [2.75, 3.05) is 14.2 Å². The van der Waals surface area contributed by atoms with Gasteiger partial charge in [-0.05, 0) is 19.1 Å². The van der Waals surface area contributed by atoms with E-state index in [1.165, 1.54) is 7.11 Å². The highest BCUT2D eigenvalue weighted by Crippen LogP contribution is 2.39. The van der Waals surface area contributed by atoms with Gasteiger partial charge < -0.3 is 20.3 Å². The molecule has 0 aliphatic carbocycles. The van der Waals surface area contributed by atoms with Crippen LogP contribution in [0.15, 0.2) is 12.1 Å². The molecule has 4 nitrogen and oxygen atoms in total. The second-order valence-electron chi connectivity index (χ2n) is 3.02. The van der Waals surface area contributed by atoms with E-state index in [1.807, 2.05) is 0 Å². The third-order valence-electron chi connectivity index (χ3n) is 2.02. The van der Waals surface area contributed by atoms with E-state index in [-0.39, 0.29) is 11.8 Å². The summed E-state index contributed by atoms with van der Waals surface area (Å²) < 4.78 is 10.2. The van der Waals surface area contributed by atoms with Crippen LogP contribution in [0.2, 0.25) is 0 Å². The molecule has 1 aromatic carbocycles. The summed E-state index contributed by atoms with van der Waals surface area (Å²) in [7, 11) is 3.06.